The van der Waals surface area contributed by atoms with E-state index in [2.05, 4.69) is 10.3 Å². The van der Waals surface area contributed by atoms with Gasteiger partial charge in [0.25, 0.3) is 5.91 Å². The SMILES string of the molecule is O=C(NCCOc1ccc(F)cc1)c1cnc(-c2ccccc2)s1. The van der Waals surface area contributed by atoms with Crippen LogP contribution in [0.1, 0.15) is 9.67 Å². The van der Waals surface area contributed by atoms with Crippen molar-refractivity contribution in [1.29, 1.82) is 0 Å². The van der Waals surface area contributed by atoms with Crippen molar-refractivity contribution >= 4 is 17.2 Å². The van der Waals surface area contributed by atoms with Gasteiger partial charge in [0.2, 0.25) is 0 Å². The molecule has 0 atom stereocenters. The summed E-state index contributed by atoms with van der Waals surface area (Å²) in [5, 5.41) is 3.59. The Labute approximate surface area is 142 Å². The fourth-order valence-corrected chi connectivity index (χ4v) is 2.88. The molecule has 0 aliphatic carbocycles. The molecule has 24 heavy (non-hydrogen) atoms. The third-order valence-electron chi connectivity index (χ3n) is 3.22. The summed E-state index contributed by atoms with van der Waals surface area (Å²) in [6.45, 7) is 0.663. The van der Waals surface area contributed by atoms with Gasteiger partial charge < -0.3 is 10.1 Å². The molecule has 0 unspecified atom stereocenters. The summed E-state index contributed by atoms with van der Waals surface area (Å²) in [6, 6.07) is 15.5. The Balaban J connectivity index is 1.49. The van der Waals surface area contributed by atoms with Crippen molar-refractivity contribution < 1.29 is 13.9 Å². The van der Waals surface area contributed by atoms with Gasteiger partial charge in [0, 0.05) is 5.56 Å². The monoisotopic (exact) mass is 342 g/mol. The van der Waals surface area contributed by atoms with Crippen molar-refractivity contribution in [1.82, 2.24) is 10.3 Å². The highest BCUT2D eigenvalue weighted by atomic mass is 32.1. The van der Waals surface area contributed by atoms with E-state index < -0.39 is 0 Å². The van der Waals surface area contributed by atoms with Crippen LogP contribution in [0.15, 0.2) is 60.8 Å². The quantitative estimate of drug-likeness (QED) is 0.694. The molecule has 3 aromatic rings. The predicted octanol–water partition coefficient (Wildman–Crippen LogP) is 3.76. The highest BCUT2D eigenvalue weighted by Crippen LogP contribution is 2.24. The van der Waals surface area contributed by atoms with Crippen molar-refractivity contribution in [3.8, 4) is 16.3 Å². The van der Waals surface area contributed by atoms with Gasteiger partial charge in [0.05, 0.1) is 12.7 Å². The van der Waals surface area contributed by atoms with Crippen LogP contribution in [0.3, 0.4) is 0 Å². The number of ether oxygens (including phenoxy) is 1. The molecule has 1 heterocycles. The summed E-state index contributed by atoms with van der Waals surface area (Å²) < 4.78 is 18.2. The van der Waals surface area contributed by atoms with Crippen molar-refractivity contribution in [2.45, 2.75) is 0 Å². The van der Waals surface area contributed by atoms with E-state index in [0.717, 1.165) is 10.6 Å². The second-order valence-corrected chi connectivity index (χ2v) is 5.98. The van der Waals surface area contributed by atoms with Crippen LogP contribution >= 0.6 is 11.3 Å². The van der Waals surface area contributed by atoms with Crippen LogP contribution in [0.2, 0.25) is 0 Å². The molecule has 4 nitrogen and oxygen atoms in total. The number of carbonyl (C=O) groups is 1. The molecule has 3 rings (SSSR count). The first-order valence-electron chi connectivity index (χ1n) is 7.40. The van der Waals surface area contributed by atoms with E-state index >= 15 is 0 Å². The van der Waals surface area contributed by atoms with E-state index in [1.165, 1.54) is 23.5 Å². The lowest BCUT2D eigenvalue weighted by Crippen LogP contribution is -2.27. The molecule has 0 aliphatic rings. The van der Waals surface area contributed by atoms with Crippen molar-refractivity contribution in [2.75, 3.05) is 13.2 Å². The zero-order valence-electron chi connectivity index (χ0n) is 12.7. The lowest BCUT2D eigenvalue weighted by molar-refractivity contribution is 0.0951. The zero-order chi connectivity index (χ0) is 16.8. The Bertz CT molecular complexity index is 803. The van der Waals surface area contributed by atoms with E-state index in [-0.39, 0.29) is 11.7 Å². The number of halogens is 1. The molecule has 0 aliphatic heterocycles. The zero-order valence-corrected chi connectivity index (χ0v) is 13.6. The topological polar surface area (TPSA) is 51.2 Å². The predicted molar refractivity (Wildman–Crippen MR) is 91.8 cm³/mol. The Morgan fingerprint density at radius 2 is 1.88 bits per heavy atom. The number of benzene rings is 2. The molecule has 0 saturated heterocycles. The van der Waals surface area contributed by atoms with Gasteiger partial charge in [-0.1, -0.05) is 30.3 Å². The normalized spacial score (nSPS) is 10.4. The molecule has 122 valence electrons. The second-order valence-electron chi connectivity index (χ2n) is 4.95. The molecular weight excluding hydrogens is 327 g/mol. The number of aromatic nitrogens is 1. The van der Waals surface area contributed by atoms with Crippen LogP contribution in [-0.2, 0) is 0 Å². The summed E-state index contributed by atoms with van der Waals surface area (Å²) in [5.41, 5.74) is 0.987. The van der Waals surface area contributed by atoms with E-state index in [9.17, 15) is 9.18 Å². The van der Waals surface area contributed by atoms with E-state index in [4.69, 9.17) is 4.74 Å². The molecule has 0 radical (unpaired) electrons. The maximum absolute atomic E-state index is 12.8. The second kappa shape index (κ2) is 7.70. The molecular formula is C18H15FN2O2S. The fourth-order valence-electron chi connectivity index (χ4n) is 2.04. The van der Waals surface area contributed by atoms with Gasteiger partial charge in [-0.2, -0.15) is 0 Å². The first kappa shape index (κ1) is 16.1. The lowest BCUT2D eigenvalue weighted by atomic mass is 10.2. The van der Waals surface area contributed by atoms with Crippen LogP contribution in [0.5, 0.6) is 5.75 Å². The van der Waals surface area contributed by atoms with Gasteiger partial charge >= 0.3 is 0 Å². The number of amides is 1. The molecule has 1 N–H and O–H groups in total. The molecule has 0 bridgehead atoms. The minimum Gasteiger partial charge on any atom is -0.492 e. The van der Waals surface area contributed by atoms with Crippen LogP contribution in [-0.4, -0.2) is 24.0 Å². The number of carbonyl (C=O) groups excluding carboxylic acids is 1. The average Bonchev–Trinajstić information content (AvgIpc) is 3.11. The number of rotatable bonds is 6. The van der Waals surface area contributed by atoms with Crippen LogP contribution in [0, 0.1) is 5.82 Å². The van der Waals surface area contributed by atoms with Crippen LogP contribution in [0.4, 0.5) is 4.39 Å². The number of hydrogen-bond donors (Lipinski definition) is 1. The van der Waals surface area contributed by atoms with Gasteiger partial charge in [-0.05, 0) is 24.3 Å². The average molecular weight is 342 g/mol. The fraction of sp³-hybridized carbons (Fsp3) is 0.111. The maximum atomic E-state index is 12.8. The number of thiazole rings is 1. The summed E-state index contributed by atoms with van der Waals surface area (Å²) in [7, 11) is 0. The summed E-state index contributed by atoms with van der Waals surface area (Å²) in [6.07, 6.45) is 1.57. The molecule has 1 amide bonds. The number of hydrogen-bond acceptors (Lipinski definition) is 4. The number of nitrogens with one attached hydrogen (secondary N) is 1. The Hall–Kier alpha value is -2.73. The highest BCUT2D eigenvalue weighted by molar-refractivity contribution is 7.16. The Morgan fingerprint density at radius 3 is 2.62 bits per heavy atom. The Kier molecular flexibility index (Phi) is 5.18. The van der Waals surface area contributed by atoms with Gasteiger partial charge in [0.1, 0.15) is 28.1 Å². The van der Waals surface area contributed by atoms with Gasteiger partial charge in [0.15, 0.2) is 0 Å². The number of nitrogens with zero attached hydrogens (tertiary/aromatic N) is 1. The molecule has 6 heteroatoms. The van der Waals surface area contributed by atoms with Gasteiger partial charge in [-0.15, -0.1) is 11.3 Å². The van der Waals surface area contributed by atoms with E-state index in [0.29, 0.717) is 23.8 Å². The summed E-state index contributed by atoms with van der Waals surface area (Å²) in [4.78, 5) is 16.9. The minimum atomic E-state index is -0.310. The summed E-state index contributed by atoms with van der Waals surface area (Å²) >= 11 is 1.34. The summed E-state index contributed by atoms with van der Waals surface area (Å²) in [5.74, 6) is 0.0715. The first-order valence-corrected chi connectivity index (χ1v) is 8.22. The molecule has 0 saturated carbocycles. The maximum Gasteiger partial charge on any atom is 0.263 e. The first-order chi connectivity index (χ1) is 11.7. The Morgan fingerprint density at radius 1 is 1.12 bits per heavy atom. The molecule has 0 fully saturated rings. The standard InChI is InChI=1S/C18H15FN2O2S/c19-14-6-8-15(9-7-14)23-11-10-20-17(22)16-12-21-18(24-16)13-4-2-1-3-5-13/h1-9,12H,10-11H2,(H,20,22). The van der Waals surface area contributed by atoms with Crippen LogP contribution < -0.4 is 10.1 Å². The van der Waals surface area contributed by atoms with E-state index in [1.54, 1.807) is 18.3 Å². The third kappa shape index (κ3) is 4.17. The van der Waals surface area contributed by atoms with Crippen LogP contribution in [0.25, 0.3) is 10.6 Å². The largest absolute Gasteiger partial charge is 0.492 e. The minimum absolute atomic E-state index is 0.183. The third-order valence-corrected chi connectivity index (χ3v) is 4.27. The van der Waals surface area contributed by atoms with Crippen molar-refractivity contribution in [3.05, 3.63) is 71.5 Å². The van der Waals surface area contributed by atoms with Crippen molar-refractivity contribution in [2.24, 2.45) is 0 Å². The smallest absolute Gasteiger partial charge is 0.263 e. The lowest BCUT2D eigenvalue weighted by Gasteiger charge is -2.06. The van der Waals surface area contributed by atoms with Gasteiger partial charge in [-0.25, -0.2) is 9.37 Å². The molecule has 2 aromatic carbocycles. The molecule has 1 aromatic heterocycles. The molecule has 0 spiro atoms. The van der Waals surface area contributed by atoms with Crippen molar-refractivity contribution in [3.63, 3.8) is 0 Å². The van der Waals surface area contributed by atoms with Gasteiger partial charge in [-0.3, -0.25) is 4.79 Å². The van der Waals surface area contributed by atoms with E-state index in [1.807, 2.05) is 30.3 Å². The highest BCUT2D eigenvalue weighted by Gasteiger charge is 2.11.